The molecule has 0 saturated heterocycles. The Bertz CT molecular complexity index is 7480. The van der Waals surface area contributed by atoms with Gasteiger partial charge in [-0.1, -0.05) is 501 Å². The molecule has 24 rings (SSSR count). The summed E-state index contributed by atoms with van der Waals surface area (Å²) in [5, 5.41) is 24.5. The van der Waals surface area contributed by atoms with Gasteiger partial charge >= 0.3 is 0 Å². The minimum absolute atomic E-state index is 1.27. The molecule has 1 aliphatic rings. The molecule has 0 unspecified atom stereocenters. The molecule has 0 N–H and O–H groups in total. The van der Waals surface area contributed by atoms with E-state index in [2.05, 4.69) is 511 Å². The number of fused-ring (bicyclic) bond motifs is 11. The third-order valence-electron chi connectivity index (χ3n) is 23.8. The predicted molar refractivity (Wildman–Crippen MR) is 556 cm³/mol. The fourth-order valence-corrected chi connectivity index (χ4v) is 17.4. The van der Waals surface area contributed by atoms with E-state index in [-0.39, 0.29) is 0 Å². The minimum Gasteiger partial charge on any atom is -0.0622 e. The summed E-state index contributed by atoms with van der Waals surface area (Å²) >= 11 is 0. The van der Waals surface area contributed by atoms with Gasteiger partial charge in [-0.3, -0.25) is 0 Å². The van der Waals surface area contributed by atoms with Crippen LogP contribution in [0.3, 0.4) is 0 Å². The summed E-state index contributed by atoms with van der Waals surface area (Å²) in [6, 6.07) is 170. The second-order valence-corrected chi connectivity index (χ2v) is 33.2. The van der Waals surface area contributed by atoms with E-state index >= 15 is 0 Å². The lowest BCUT2D eigenvalue weighted by Crippen LogP contribution is -1.85. The third-order valence-corrected chi connectivity index (χ3v) is 23.8. The van der Waals surface area contributed by atoms with Crippen molar-refractivity contribution in [1.29, 1.82) is 0 Å². The van der Waals surface area contributed by atoms with Crippen LogP contribution in [-0.2, 0) is 0 Å². The summed E-state index contributed by atoms with van der Waals surface area (Å²) in [7, 11) is 0. The zero-order chi connectivity index (χ0) is 87.4. The van der Waals surface area contributed by atoms with Gasteiger partial charge in [-0.2, -0.15) is 0 Å². The van der Waals surface area contributed by atoms with Crippen LogP contribution in [0.5, 0.6) is 0 Å². The van der Waals surface area contributed by atoms with E-state index in [1.165, 1.54) is 214 Å². The molecule has 0 bridgehead atoms. The normalized spacial score (nSPS) is 10.7. The van der Waals surface area contributed by atoms with Crippen LogP contribution in [0.1, 0.15) is 50.1 Å². The van der Waals surface area contributed by atoms with Gasteiger partial charge in [-0.15, -0.1) is 0 Å². The van der Waals surface area contributed by atoms with E-state index in [0.717, 1.165) is 0 Å². The van der Waals surface area contributed by atoms with Crippen molar-refractivity contribution in [1.82, 2.24) is 0 Å². The van der Waals surface area contributed by atoms with Crippen molar-refractivity contribution in [2.75, 3.05) is 0 Å². The maximum Gasteiger partial charge on any atom is -0.00237 e. The van der Waals surface area contributed by atoms with Gasteiger partial charge in [0, 0.05) is 0 Å². The standard InChI is InChI=1S/C19H14.C19H16.2C17H12.2C13H12.2C11H10.C7H8/c1-13-10-11-18-16-8-3-2-6-14(16)15-7-4-5-9-17(15)19(18)12-13;1-15-12-18(16-8-4-2-5-9-16)14-19(13-15)17-10-6-3-7-11-17;1-11-10-14-6-2-4-12-8-9-13-5-3-7-15(11)17(13)16(12)14;1-11-9-10-16-14-6-3-2-5-13(14)15-8-4-7-12(11)17(15)16;1-11-6-5-9-13(10-11)12-7-3-2-4-8-12;1-11-7-9-13(10-8-11)12-5-3-2-4-6-12;1-9-5-4-7-10-6-2-3-8-11(9)10;1-9-6-7-10-4-2-3-5-11(10)8-9;1-7-5-3-2-4-6-7/h2-12H,1H3;2-14H,1H3;2*2-10H,1H3;2*2-10H,1H3;2*2-8H,1H3;2-6H,1H3. The predicted octanol–water partition coefficient (Wildman–Crippen LogP) is 36.1. The smallest absolute Gasteiger partial charge is 0.00237 e. The molecular weight excluding hydrogens is 1530 g/mol. The molecular formula is C127H106. The molecule has 0 nitrogen and oxygen atoms in total. The molecule has 0 aromatic heterocycles. The van der Waals surface area contributed by atoms with Crippen molar-refractivity contribution in [3.05, 3.63) is 529 Å². The van der Waals surface area contributed by atoms with Gasteiger partial charge in [0.05, 0.1) is 0 Å². The summed E-state index contributed by atoms with van der Waals surface area (Å²) < 4.78 is 0. The first kappa shape index (κ1) is 85.2. The highest BCUT2D eigenvalue weighted by molar-refractivity contribution is 6.26. The average Bonchev–Trinajstić information content (AvgIpc) is 1.72. The second kappa shape index (κ2) is 40.8. The lowest BCUT2D eigenvalue weighted by atomic mass is 9.92. The first-order chi connectivity index (χ1) is 62.2. The monoisotopic (exact) mass is 1630 g/mol. The van der Waals surface area contributed by atoms with Crippen LogP contribution in [0, 0.1) is 62.3 Å². The maximum absolute atomic E-state index is 2.30. The molecule has 23 aromatic carbocycles. The highest BCUT2D eigenvalue weighted by Crippen LogP contribution is 2.48. The van der Waals surface area contributed by atoms with E-state index < -0.39 is 0 Å². The van der Waals surface area contributed by atoms with E-state index in [0.29, 0.717) is 0 Å². The first-order valence-corrected chi connectivity index (χ1v) is 44.2. The zero-order valence-corrected chi connectivity index (χ0v) is 74.1. The molecule has 0 saturated carbocycles. The molecule has 0 atom stereocenters. The Morgan fingerprint density at radius 3 is 1.01 bits per heavy atom. The number of hydrogen-bond acceptors (Lipinski definition) is 0. The molecule has 0 aliphatic heterocycles. The Morgan fingerprint density at radius 2 is 0.441 bits per heavy atom. The van der Waals surface area contributed by atoms with Gasteiger partial charge in [0.1, 0.15) is 0 Å². The molecule has 0 amide bonds. The van der Waals surface area contributed by atoms with Crippen molar-refractivity contribution in [2.45, 2.75) is 62.3 Å². The lowest BCUT2D eigenvalue weighted by Gasteiger charge is -2.12. The topological polar surface area (TPSA) is 0 Å². The third kappa shape index (κ3) is 20.6. The van der Waals surface area contributed by atoms with E-state index in [1.807, 2.05) is 30.3 Å². The summed E-state index contributed by atoms with van der Waals surface area (Å²) in [5.41, 5.74) is 27.7. The zero-order valence-electron chi connectivity index (χ0n) is 74.1. The number of aryl methyl sites for hydroxylation is 9. The Labute approximate surface area is 750 Å². The lowest BCUT2D eigenvalue weighted by molar-refractivity contribution is 1.46. The molecule has 127 heavy (non-hydrogen) atoms. The molecule has 614 valence electrons. The van der Waals surface area contributed by atoms with E-state index in [1.54, 1.807) is 0 Å². The van der Waals surface area contributed by atoms with Crippen molar-refractivity contribution < 1.29 is 0 Å². The average molecular weight is 1630 g/mol. The molecule has 0 fully saturated rings. The Kier molecular flexibility index (Phi) is 27.4. The van der Waals surface area contributed by atoms with Crippen molar-refractivity contribution in [3.8, 4) is 66.8 Å². The van der Waals surface area contributed by atoms with Crippen LogP contribution in [-0.4, -0.2) is 0 Å². The Morgan fingerprint density at radius 1 is 0.110 bits per heavy atom. The second-order valence-electron chi connectivity index (χ2n) is 33.2. The fourth-order valence-electron chi connectivity index (χ4n) is 17.4. The SMILES string of the molecule is Cc1cc(-c2ccccc2)cc(-c2ccccc2)c1.Cc1cc2cccc3ccc4cccc1c4c32.Cc1ccc(-c2ccccc2)cc1.Cc1ccc2c3c(cccc13)-c1ccccc1-2.Cc1ccc2c3ccccc3c3ccccc3c2c1.Cc1ccc2ccccc2c1.Cc1cccc(-c2ccccc2)c1.Cc1cccc2ccccc12.Cc1ccccc1. The van der Waals surface area contributed by atoms with Crippen LogP contribution in [0.2, 0.25) is 0 Å². The summed E-state index contributed by atoms with van der Waals surface area (Å²) in [6.07, 6.45) is 0. The van der Waals surface area contributed by atoms with Gasteiger partial charge in [0.2, 0.25) is 0 Å². The summed E-state index contributed by atoms with van der Waals surface area (Å²) in [6.45, 7) is 19.3. The summed E-state index contributed by atoms with van der Waals surface area (Å²) in [5.74, 6) is 0. The maximum atomic E-state index is 2.30. The van der Waals surface area contributed by atoms with Crippen molar-refractivity contribution in [2.24, 2.45) is 0 Å². The molecule has 0 radical (unpaired) electrons. The van der Waals surface area contributed by atoms with E-state index in [9.17, 15) is 0 Å². The first-order valence-electron chi connectivity index (χ1n) is 44.2. The van der Waals surface area contributed by atoms with Crippen molar-refractivity contribution >= 4 is 97.0 Å². The highest BCUT2D eigenvalue weighted by Gasteiger charge is 2.21. The van der Waals surface area contributed by atoms with Gasteiger partial charge in [0.15, 0.2) is 0 Å². The van der Waals surface area contributed by atoms with Gasteiger partial charge < -0.3 is 0 Å². The number of rotatable bonds is 4. The van der Waals surface area contributed by atoms with Crippen LogP contribution >= 0.6 is 0 Å². The number of benzene rings is 23. The minimum atomic E-state index is 1.27. The van der Waals surface area contributed by atoms with Gasteiger partial charge in [-0.05, 0) is 254 Å². The molecule has 0 heterocycles. The summed E-state index contributed by atoms with van der Waals surface area (Å²) in [4.78, 5) is 0. The quantitative estimate of drug-likeness (QED) is 0.154. The molecule has 0 spiro atoms. The van der Waals surface area contributed by atoms with Gasteiger partial charge in [0.25, 0.3) is 0 Å². The molecule has 0 heteroatoms. The Hall–Kier alpha value is -15.3. The molecule has 1 aliphatic carbocycles. The van der Waals surface area contributed by atoms with Gasteiger partial charge in [-0.25, -0.2) is 0 Å². The Balaban J connectivity index is 0.000000106. The van der Waals surface area contributed by atoms with Crippen LogP contribution in [0.25, 0.3) is 164 Å². The highest BCUT2D eigenvalue weighted by atomic mass is 14.2. The largest absolute Gasteiger partial charge is 0.0622 e. The number of hydrogen-bond donors (Lipinski definition) is 0. The molecule has 23 aromatic rings. The van der Waals surface area contributed by atoms with Crippen LogP contribution in [0.15, 0.2) is 479 Å². The van der Waals surface area contributed by atoms with Crippen molar-refractivity contribution in [3.63, 3.8) is 0 Å². The van der Waals surface area contributed by atoms with Crippen LogP contribution in [0.4, 0.5) is 0 Å². The fraction of sp³-hybridized carbons (Fsp3) is 0.0709. The van der Waals surface area contributed by atoms with Crippen LogP contribution < -0.4 is 0 Å². The van der Waals surface area contributed by atoms with E-state index in [4.69, 9.17) is 0 Å².